The number of furan rings is 1. The van der Waals surface area contributed by atoms with E-state index in [0.717, 1.165) is 17.9 Å². The highest BCUT2D eigenvalue weighted by molar-refractivity contribution is 7.99. The lowest BCUT2D eigenvalue weighted by Gasteiger charge is -2.12. The van der Waals surface area contributed by atoms with Gasteiger partial charge in [0.25, 0.3) is 10.0 Å². The summed E-state index contributed by atoms with van der Waals surface area (Å²) in [7, 11) is -3.57. The van der Waals surface area contributed by atoms with Crippen LogP contribution in [0.15, 0.2) is 21.6 Å². The molecule has 0 amide bonds. The first kappa shape index (κ1) is 18.5. The molecule has 0 saturated heterocycles. The van der Waals surface area contributed by atoms with E-state index < -0.39 is 10.0 Å². The second-order valence-corrected chi connectivity index (χ2v) is 8.30. The molecular weight excluding hydrogens is 308 g/mol. The summed E-state index contributed by atoms with van der Waals surface area (Å²) < 4.78 is 32.5. The lowest BCUT2D eigenvalue weighted by Crippen LogP contribution is -2.32. The fraction of sp³-hybridized carbons (Fsp3) is 0.714. The van der Waals surface area contributed by atoms with Crippen molar-refractivity contribution in [3.05, 3.63) is 17.9 Å². The Morgan fingerprint density at radius 2 is 2.00 bits per heavy atom. The van der Waals surface area contributed by atoms with Gasteiger partial charge in [-0.05, 0) is 37.0 Å². The van der Waals surface area contributed by atoms with Gasteiger partial charge in [-0.15, -0.1) is 0 Å². The summed E-state index contributed by atoms with van der Waals surface area (Å²) >= 11 is 1.81. The highest BCUT2D eigenvalue weighted by Gasteiger charge is 2.21. The smallest absolute Gasteiger partial charge is 0.274 e. The molecule has 2 N–H and O–H groups in total. The third kappa shape index (κ3) is 6.86. The lowest BCUT2D eigenvalue weighted by molar-refractivity contribution is 0.391. The Labute approximate surface area is 132 Å². The van der Waals surface area contributed by atoms with Gasteiger partial charge < -0.3 is 9.73 Å². The maximum Gasteiger partial charge on any atom is 0.274 e. The van der Waals surface area contributed by atoms with Crippen LogP contribution in [0, 0.1) is 0 Å². The van der Waals surface area contributed by atoms with Crippen molar-refractivity contribution in [3.8, 4) is 0 Å². The molecule has 0 saturated carbocycles. The molecule has 122 valence electrons. The van der Waals surface area contributed by atoms with Gasteiger partial charge in [-0.2, -0.15) is 11.8 Å². The highest BCUT2D eigenvalue weighted by Crippen LogP contribution is 2.15. The monoisotopic (exact) mass is 334 g/mol. The van der Waals surface area contributed by atoms with E-state index in [1.807, 2.05) is 20.8 Å². The number of hydrogen-bond donors (Lipinski definition) is 2. The molecule has 1 rings (SSSR count). The van der Waals surface area contributed by atoms with Gasteiger partial charge in [0, 0.05) is 12.1 Å². The molecule has 0 fully saturated rings. The minimum atomic E-state index is -3.57. The Morgan fingerprint density at radius 3 is 2.62 bits per heavy atom. The fourth-order valence-electron chi connectivity index (χ4n) is 1.69. The van der Waals surface area contributed by atoms with Crippen molar-refractivity contribution in [3.63, 3.8) is 0 Å². The molecule has 0 aliphatic carbocycles. The van der Waals surface area contributed by atoms with E-state index in [1.54, 1.807) is 17.8 Å². The average Bonchev–Trinajstić information content (AvgIpc) is 2.85. The van der Waals surface area contributed by atoms with Crippen LogP contribution in [0.4, 0.5) is 0 Å². The molecule has 1 unspecified atom stereocenters. The Balaban J connectivity index is 2.57. The van der Waals surface area contributed by atoms with Crippen molar-refractivity contribution in [1.29, 1.82) is 0 Å². The van der Waals surface area contributed by atoms with Crippen LogP contribution in [-0.4, -0.2) is 32.0 Å². The molecule has 0 spiro atoms. The Hall–Kier alpha value is -0.500. The maximum absolute atomic E-state index is 12.2. The summed E-state index contributed by atoms with van der Waals surface area (Å²) in [6.07, 6.45) is 0.806. The van der Waals surface area contributed by atoms with E-state index in [-0.39, 0.29) is 11.1 Å². The van der Waals surface area contributed by atoms with Gasteiger partial charge in [0.2, 0.25) is 5.09 Å². The summed E-state index contributed by atoms with van der Waals surface area (Å²) in [6, 6.07) is 3.43. The molecule has 1 aromatic rings. The molecule has 1 atom stereocenters. The largest absolute Gasteiger partial charge is 0.447 e. The van der Waals surface area contributed by atoms with E-state index in [2.05, 4.69) is 17.0 Å². The quantitative estimate of drug-likeness (QED) is 0.644. The third-order valence-electron chi connectivity index (χ3n) is 2.84. The number of rotatable bonds is 10. The number of sulfonamides is 1. The van der Waals surface area contributed by atoms with Gasteiger partial charge in [-0.1, -0.05) is 20.8 Å². The highest BCUT2D eigenvalue weighted by atomic mass is 32.2. The van der Waals surface area contributed by atoms with Crippen molar-refractivity contribution in [2.24, 2.45) is 0 Å². The van der Waals surface area contributed by atoms with E-state index in [9.17, 15) is 8.42 Å². The van der Waals surface area contributed by atoms with Gasteiger partial charge in [-0.25, -0.2) is 13.1 Å². The summed E-state index contributed by atoms with van der Waals surface area (Å²) in [5.41, 5.74) is 0. The number of thioether (sulfide) groups is 1. The van der Waals surface area contributed by atoms with Crippen LogP contribution in [0.1, 0.15) is 39.9 Å². The van der Waals surface area contributed by atoms with Gasteiger partial charge in [0.1, 0.15) is 5.76 Å². The average molecular weight is 335 g/mol. The topological polar surface area (TPSA) is 71.3 Å². The molecule has 1 aromatic heterocycles. The molecule has 0 bridgehead atoms. The zero-order chi connectivity index (χ0) is 15.9. The standard InChI is InChI=1S/C14H26N2O3S2/c1-5-20-9-8-12(4)16-21(17,18)14-7-6-13(19-14)10-15-11(2)3/h6-7,11-12,15-16H,5,8-10H2,1-4H3. The first-order valence-electron chi connectivity index (χ1n) is 7.27. The van der Waals surface area contributed by atoms with Crippen LogP contribution in [0.5, 0.6) is 0 Å². The Morgan fingerprint density at radius 1 is 1.29 bits per heavy atom. The van der Waals surface area contributed by atoms with Gasteiger partial charge in [-0.3, -0.25) is 0 Å². The normalized spacial score (nSPS) is 13.8. The second-order valence-electron chi connectivity index (χ2n) is 5.26. The predicted molar refractivity (Wildman–Crippen MR) is 88.1 cm³/mol. The molecule has 1 heterocycles. The maximum atomic E-state index is 12.2. The summed E-state index contributed by atoms with van der Waals surface area (Å²) in [6.45, 7) is 8.54. The van der Waals surface area contributed by atoms with E-state index in [4.69, 9.17) is 4.42 Å². The third-order valence-corrected chi connectivity index (χ3v) is 5.24. The van der Waals surface area contributed by atoms with E-state index >= 15 is 0 Å². The molecular formula is C14H26N2O3S2. The summed E-state index contributed by atoms with van der Waals surface area (Å²) in [4.78, 5) is 0. The zero-order valence-electron chi connectivity index (χ0n) is 13.2. The van der Waals surface area contributed by atoms with Crippen molar-refractivity contribution in [2.45, 2.75) is 57.8 Å². The van der Waals surface area contributed by atoms with E-state index in [0.29, 0.717) is 18.3 Å². The summed E-state index contributed by atoms with van der Waals surface area (Å²) in [5, 5.41) is 3.17. The minimum absolute atomic E-state index is 0.0157. The van der Waals surface area contributed by atoms with Crippen LogP contribution in [0.2, 0.25) is 0 Å². The second kappa shape index (κ2) is 8.82. The van der Waals surface area contributed by atoms with Crippen LogP contribution >= 0.6 is 11.8 Å². The SMILES string of the molecule is CCSCCC(C)NS(=O)(=O)c1ccc(CNC(C)C)o1. The molecule has 0 radical (unpaired) electrons. The van der Waals surface area contributed by atoms with Gasteiger partial charge >= 0.3 is 0 Å². The lowest BCUT2D eigenvalue weighted by atomic mass is 10.3. The van der Waals surface area contributed by atoms with Crippen molar-refractivity contribution < 1.29 is 12.8 Å². The van der Waals surface area contributed by atoms with Crippen molar-refractivity contribution >= 4 is 21.8 Å². The van der Waals surface area contributed by atoms with Gasteiger partial charge in [0.15, 0.2) is 0 Å². The van der Waals surface area contributed by atoms with Crippen LogP contribution < -0.4 is 10.0 Å². The van der Waals surface area contributed by atoms with Crippen LogP contribution in [0.3, 0.4) is 0 Å². The zero-order valence-corrected chi connectivity index (χ0v) is 14.8. The molecule has 0 aliphatic rings. The van der Waals surface area contributed by atoms with Crippen LogP contribution in [-0.2, 0) is 16.6 Å². The number of hydrogen-bond acceptors (Lipinski definition) is 5. The molecule has 0 aromatic carbocycles. The Bertz CT molecular complexity index is 512. The Kier molecular flexibility index (Phi) is 7.79. The first-order chi connectivity index (χ1) is 9.85. The molecule has 0 aliphatic heterocycles. The summed E-state index contributed by atoms with van der Waals surface area (Å²) in [5.74, 6) is 2.62. The van der Waals surface area contributed by atoms with E-state index in [1.165, 1.54) is 6.07 Å². The van der Waals surface area contributed by atoms with Gasteiger partial charge in [0.05, 0.1) is 6.54 Å². The fourth-order valence-corrected chi connectivity index (χ4v) is 3.73. The van der Waals surface area contributed by atoms with Crippen molar-refractivity contribution in [2.75, 3.05) is 11.5 Å². The molecule has 21 heavy (non-hydrogen) atoms. The first-order valence-corrected chi connectivity index (χ1v) is 9.91. The minimum Gasteiger partial charge on any atom is -0.447 e. The predicted octanol–water partition coefficient (Wildman–Crippen LogP) is 2.59. The molecule has 7 heteroatoms. The van der Waals surface area contributed by atoms with Crippen LogP contribution in [0.25, 0.3) is 0 Å². The molecule has 5 nitrogen and oxygen atoms in total. The number of nitrogens with one attached hydrogen (secondary N) is 2. The van der Waals surface area contributed by atoms with Crippen molar-refractivity contribution in [1.82, 2.24) is 10.0 Å².